The second-order valence-electron chi connectivity index (χ2n) is 11.0. The van der Waals surface area contributed by atoms with Gasteiger partial charge in [-0.3, -0.25) is 4.90 Å². The molecule has 4 heterocycles. The second kappa shape index (κ2) is 10.5. The highest BCUT2D eigenvalue weighted by atomic mass is 35.5. The van der Waals surface area contributed by atoms with Gasteiger partial charge in [0, 0.05) is 32.0 Å². The van der Waals surface area contributed by atoms with Crippen molar-refractivity contribution in [2.75, 3.05) is 18.1 Å². The highest BCUT2D eigenvalue weighted by Crippen LogP contribution is 2.33. The number of aromatic nitrogens is 6. The van der Waals surface area contributed by atoms with E-state index in [0.29, 0.717) is 42.3 Å². The number of anilines is 1. The van der Waals surface area contributed by atoms with Crippen LogP contribution in [-0.4, -0.2) is 62.8 Å². The van der Waals surface area contributed by atoms with E-state index in [1.807, 2.05) is 18.2 Å². The molecule has 0 N–H and O–H groups in total. The lowest BCUT2D eigenvalue weighted by Crippen LogP contribution is -2.37. The van der Waals surface area contributed by atoms with Crippen LogP contribution in [0.15, 0.2) is 43.0 Å². The van der Waals surface area contributed by atoms with Crippen molar-refractivity contribution in [3.8, 4) is 22.5 Å². The number of carbonyl (C=O) groups excluding carboxylic acids is 1. The number of hydrogen-bond donors (Lipinski definition) is 0. The number of ether oxygens (including phenoxy) is 2. The summed E-state index contributed by atoms with van der Waals surface area (Å²) in [5.41, 5.74) is 2.98. The molecule has 38 heavy (non-hydrogen) atoms. The highest BCUT2D eigenvalue weighted by Gasteiger charge is 2.37. The molecule has 1 fully saturated rings. The van der Waals surface area contributed by atoms with E-state index in [0.717, 1.165) is 22.7 Å². The number of fused-ring (bicyclic) bond motifs is 1. The lowest BCUT2D eigenvalue weighted by atomic mass is 10.0. The van der Waals surface area contributed by atoms with Gasteiger partial charge in [-0.2, -0.15) is 5.10 Å². The molecule has 4 aromatic rings. The largest absolute Gasteiger partial charge is 0.447 e. The molecule has 1 saturated heterocycles. The summed E-state index contributed by atoms with van der Waals surface area (Å²) in [6, 6.07) is 8.49. The van der Waals surface area contributed by atoms with E-state index in [4.69, 9.17) is 26.1 Å². The SMILES string of the molecule is CC(C)[C@H]1COC(=O)N1c1ccn2ncc(-c3ccc(-c4ncn(COCC[Si](C)(C)C)n4)c(Cl)c3)c2n1. The number of hydrogen-bond acceptors (Lipinski definition) is 7. The van der Waals surface area contributed by atoms with Gasteiger partial charge < -0.3 is 9.47 Å². The average molecular weight is 554 g/mol. The molecule has 0 radical (unpaired) electrons. The molecule has 10 nitrogen and oxygen atoms in total. The summed E-state index contributed by atoms with van der Waals surface area (Å²) < 4.78 is 14.4. The first kappa shape index (κ1) is 26.3. The molecule has 1 aliphatic rings. The second-order valence-corrected chi connectivity index (χ2v) is 17.0. The van der Waals surface area contributed by atoms with E-state index in [1.165, 1.54) is 0 Å². The maximum absolute atomic E-state index is 12.5. The van der Waals surface area contributed by atoms with Crippen LogP contribution in [0.4, 0.5) is 10.6 Å². The Morgan fingerprint density at radius 1 is 1.21 bits per heavy atom. The van der Waals surface area contributed by atoms with Crippen molar-refractivity contribution in [2.45, 2.75) is 52.3 Å². The topological polar surface area (TPSA) is 99.7 Å². The molecule has 1 aromatic carbocycles. The molecule has 0 unspecified atom stereocenters. The zero-order chi connectivity index (χ0) is 27.0. The summed E-state index contributed by atoms with van der Waals surface area (Å²) in [6.07, 6.45) is 4.80. The Kier molecular flexibility index (Phi) is 7.25. The molecular weight excluding hydrogens is 522 g/mol. The Morgan fingerprint density at radius 2 is 2.03 bits per heavy atom. The van der Waals surface area contributed by atoms with Crippen molar-refractivity contribution < 1.29 is 14.3 Å². The number of benzene rings is 1. The summed E-state index contributed by atoms with van der Waals surface area (Å²) in [5.74, 6) is 1.29. The van der Waals surface area contributed by atoms with E-state index in [-0.39, 0.29) is 18.1 Å². The van der Waals surface area contributed by atoms with Gasteiger partial charge in [0.2, 0.25) is 0 Å². The van der Waals surface area contributed by atoms with Crippen LogP contribution < -0.4 is 4.90 Å². The Balaban J connectivity index is 1.37. The fraction of sp³-hybridized carbons (Fsp3) is 0.423. The monoisotopic (exact) mass is 553 g/mol. The minimum Gasteiger partial charge on any atom is -0.447 e. The van der Waals surface area contributed by atoms with Gasteiger partial charge in [-0.1, -0.05) is 51.2 Å². The number of carbonyl (C=O) groups is 1. The van der Waals surface area contributed by atoms with Gasteiger partial charge in [-0.15, -0.1) is 5.10 Å². The predicted octanol–water partition coefficient (Wildman–Crippen LogP) is 5.60. The molecule has 1 amide bonds. The van der Waals surface area contributed by atoms with E-state index in [9.17, 15) is 4.79 Å². The van der Waals surface area contributed by atoms with E-state index >= 15 is 0 Å². The molecular formula is C26H32ClN7O3Si. The van der Waals surface area contributed by atoms with Gasteiger partial charge in [0.25, 0.3) is 0 Å². The van der Waals surface area contributed by atoms with E-state index < -0.39 is 8.07 Å². The summed E-state index contributed by atoms with van der Waals surface area (Å²) in [7, 11) is -1.14. The van der Waals surface area contributed by atoms with Crippen LogP contribution in [0.3, 0.4) is 0 Å². The van der Waals surface area contributed by atoms with Crippen LogP contribution in [-0.2, 0) is 16.2 Å². The van der Waals surface area contributed by atoms with Crippen molar-refractivity contribution >= 4 is 37.2 Å². The molecule has 0 saturated carbocycles. The van der Waals surface area contributed by atoms with E-state index in [1.54, 1.807) is 38.9 Å². The van der Waals surface area contributed by atoms with Crippen LogP contribution in [0, 0.1) is 5.92 Å². The Hall–Kier alpha value is -3.28. The third-order valence-electron chi connectivity index (χ3n) is 6.55. The van der Waals surface area contributed by atoms with Crippen molar-refractivity contribution in [1.82, 2.24) is 29.4 Å². The predicted molar refractivity (Wildman–Crippen MR) is 149 cm³/mol. The van der Waals surface area contributed by atoms with Gasteiger partial charge in [0.05, 0.1) is 17.3 Å². The zero-order valence-corrected chi connectivity index (χ0v) is 24.0. The van der Waals surface area contributed by atoms with Gasteiger partial charge in [-0.05, 0) is 35.7 Å². The average Bonchev–Trinajstić information content (AvgIpc) is 3.59. The number of halogens is 1. The third-order valence-corrected chi connectivity index (χ3v) is 8.57. The maximum atomic E-state index is 12.5. The molecule has 3 aromatic heterocycles. The van der Waals surface area contributed by atoms with Crippen molar-refractivity contribution in [3.05, 3.63) is 48.0 Å². The third kappa shape index (κ3) is 5.45. The van der Waals surface area contributed by atoms with Crippen molar-refractivity contribution in [3.63, 3.8) is 0 Å². The molecule has 5 rings (SSSR count). The molecule has 1 atom stereocenters. The van der Waals surface area contributed by atoms with Crippen LogP contribution in [0.5, 0.6) is 0 Å². The molecule has 200 valence electrons. The molecule has 1 aliphatic heterocycles. The van der Waals surface area contributed by atoms with Gasteiger partial charge in [-0.25, -0.2) is 24.0 Å². The van der Waals surface area contributed by atoms with Gasteiger partial charge in [0.15, 0.2) is 11.5 Å². The Morgan fingerprint density at radius 3 is 2.76 bits per heavy atom. The van der Waals surface area contributed by atoms with Gasteiger partial charge >= 0.3 is 6.09 Å². The quantitative estimate of drug-likeness (QED) is 0.196. The van der Waals surface area contributed by atoms with Crippen LogP contribution in [0.25, 0.3) is 28.2 Å². The summed E-state index contributed by atoms with van der Waals surface area (Å²) in [6.45, 7) is 12.5. The fourth-order valence-electron chi connectivity index (χ4n) is 4.27. The minimum atomic E-state index is -1.14. The number of cyclic esters (lactones) is 1. The lowest BCUT2D eigenvalue weighted by Gasteiger charge is -2.23. The summed E-state index contributed by atoms with van der Waals surface area (Å²) >= 11 is 6.69. The summed E-state index contributed by atoms with van der Waals surface area (Å²) in [4.78, 5) is 23.3. The fourth-order valence-corrected chi connectivity index (χ4v) is 5.29. The van der Waals surface area contributed by atoms with Crippen molar-refractivity contribution in [2.24, 2.45) is 5.92 Å². The summed E-state index contributed by atoms with van der Waals surface area (Å²) in [5, 5.41) is 9.48. The Bertz CT molecular complexity index is 1460. The van der Waals surface area contributed by atoms with Crippen molar-refractivity contribution in [1.29, 1.82) is 0 Å². The first-order chi connectivity index (χ1) is 18.1. The highest BCUT2D eigenvalue weighted by molar-refractivity contribution is 6.76. The number of nitrogens with zero attached hydrogens (tertiary/aromatic N) is 7. The molecule has 0 aliphatic carbocycles. The smallest absolute Gasteiger partial charge is 0.415 e. The maximum Gasteiger partial charge on any atom is 0.415 e. The number of rotatable bonds is 9. The Labute approximate surface area is 227 Å². The standard InChI is InChI=1S/C26H32ClN7O3Si/c1-17(2)22-14-37-26(35)34(22)23-8-9-33-25(30-23)20(13-29-33)18-6-7-19(21(27)12-18)24-28-15-32(31-24)16-36-10-11-38(3,4)5/h6-9,12-13,15,17,22H,10-11,14,16H2,1-5H3/t22-/m1/s1. The zero-order valence-electron chi connectivity index (χ0n) is 22.3. The molecule has 0 bridgehead atoms. The van der Waals surface area contributed by atoms with Crippen LogP contribution in [0.2, 0.25) is 30.7 Å². The normalized spacial score (nSPS) is 16.1. The van der Waals surface area contributed by atoms with Gasteiger partial charge in [0.1, 0.15) is 25.5 Å². The van der Waals surface area contributed by atoms with Crippen LogP contribution >= 0.6 is 11.6 Å². The minimum absolute atomic E-state index is 0.0735. The van der Waals surface area contributed by atoms with E-state index in [2.05, 4.69) is 48.7 Å². The van der Waals surface area contributed by atoms with Crippen LogP contribution in [0.1, 0.15) is 13.8 Å². The molecule has 0 spiro atoms. The first-order valence-electron chi connectivity index (χ1n) is 12.7. The number of amides is 1. The molecule has 12 heteroatoms. The lowest BCUT2D eigenvalue weighted by molar-refractivity contribution is 0.0785. The first-order valence-corrected chi connectivity index (χ1v) is 16.8.